The number of carbonyl (C=O) groups is 1. The van der Waals surface area contributed by atoms with Gasteiger partial charge in [-0.25, -0.2) is 8.42 Å². The Morgan fingerprint density at radius 3 is 2.43 bits per heavy atom. The van der Waals surface area contributed by atoms with E-state index in [1.165, 1.54) is 0 Å². The molecular formula is C25H38N6O3S. The van der Waals surface area contributed by atoms with E-state index in [0.29, 0.717) is 38.4 Å². The first kappa shape index (κ1) is 26.7. The number of nitrogens with zero attached hydrogens (tertiary/aromatic N) is 3. The number of nitrogens with two attached hydrogens (primary N) is 2. The fraction of sp³-hybridized carbons (Fsp3) is 0.520. The highest BCUT2D eigenvalue weighted by atomic mass is 32.2. The van der Waals surface area contributed by atoms with Crippen LogP contribution in [0, 0.1) is 5.92 Å². The second-order valence-corrected chi connectivity index (χ2v) is 11.1. The van der Waals surface area contributed by atoms with Crippen molar-refractivity contribution >= 4 is 38.3 Å². The number of guanidine groups is 1. The lowest BCUT2D eigenvalue weighted by atomic mass is 9.94. The lowest BCUT2D eigenvalue weighted by Crippen LogP contribution is -2.50. The van der Waals surface area contributed by atoms with Gasteiger partial charge in [0, 0.05) is 39.4 Å². The Labute approximate surface area is 208 Å². The zero-order chi connectivity index (χ0) is 25.6. The van der Waals surface area contributed by atoms with E-state index in [4.69, 9.17) is 11.5 Å². The van der Waals surface area contributed by atoms with Crippen molar-refractivity contribution in [2.75, 3.05) is 38.6 Å². The molecule has 0 saturated carbocycles. The molecule has 9 nitrogen and oxygen atoms in total. The van der Waals surface area contributed by atoms with E-state index in [-0.39, 0.29) is 16.8 Å². The van der Waals surface area contributed by atoms with Crippen LogP contribution in [-0.4, -0.2) is 65.0 Å². The lowest BCUT2D eigenvalue weighted by Gasteiger charge is -2.34. The number of fused-ring (bicyclic) bond motifs is 1. The summed E-state index contributed by atoms with van der Waals surface area (Å²) in [6.07, 6.45) is 3.76. The Kier molecular flexibility index (Phi) is 8.96. The molecule has 1 heterocycles. The summed E-state index contributed by atoms with van der Waals surface area (Å²) in [6.45, 7) is 3.78. The average Bonchev–Trinajstić information content (AvgIpc) is 2.84. The SMILES string of the molecule is CCC1CCN(C(=O)[C@H](CCCN=C(N)N)NS(=O)(=O)c2ccc3cc(N(C)C)ccc3c2)CC1. The summed E-state index contributed by atoms with van der Waals surface area (Å²) in [6, 6.07) is 10.0. The van der Waals surface area contributed by atoms with Crippen LogP contribution in [0.5, 0.6) is 0 Å². The Hall–Kier alpha value is -2.85. The van der Waals surface area contributed by atoms with Gasteiger partial charge in [-0.15, -0.1) is 0 Å². The molecule has 2 aromatic rings. The first-order chi connectivity index (χ1) is 16.6. The normalized spacial score (nSPS) is 15.7. The monoisotopic (exact) mass is 502 g/mol. The summed E-state index contributed by atoms with van der Waals surface area (Å²) >= 11 is 0. The molecule has 1 fully saturated rings. The second kappa shape index (κ2) is 11.7. The molecule has 2 aromatic carbocycles. The highest BCUT2D eigenvalue weighted by molar-refractivity contribution is 7.89. The van der Waals surface area contributed by atoms with Gasteiger partial charge in [-0.05, 0) is 66.6 Å². The van der Waals surface area contributed by atoms with Crippen molar-refractivity contribution < 1.29 is 13.2 Å². The number of piperidine rings is 1. The molecule has 192 valence electrons. The van der Waals surface area contributed by atoms with Gasteiger partial charge in [0.15, 0.2) is 5.96 Å². The van der Waals surface area contributed by atoms with Crippen LogP contribution in [0.15, 0.2) is 46.3 Å². The maximum Gasteiger partial charge on any atom is 0.241 e. The van der Waals surface area contributed by atoms with E-state index in [1.807, 2.05) is 37.2 Å². The Morgan fingerprint density at radius 2 is 1.80 bits per heavy atom. The van der Waals surface area contributed by atoms with Crippen molar-refractivity contribution in [2.24, 2.45) is 22.4 Å². The van der Waals surface area contributed by atoms with Crippen LogP contribution in [-0.2, 0) is 14.8 Å². The molecule has 0 bridgehead atoms. The quantitative estimate of drug-likeness (QED) is 0.259. The third-order valence-corrected chi connectivity index (χ3v) is 8.14. The summed E-state index contributed by atoms with van der Waals surface area (Å²) in [4.78, 5) is 21.2. The maximum absolute atomic E-state index is 13.4. The number of sulfonamides is 1. The first-order valence-corrected chi connectivity index (χ1v) is 13.7. The number of likely N-dealkylation sites (tertiary alicyclic amines) is 1. The summed E-state index contributed by atoms with van der Waals surface area (Å²) in [5, 5.41) is 1.76. The molecule has 3 rings (SSSR count). The van der Waals surface area contributed by atoms with Gasteiger partial charge in [-0.3, -0.25) is 9.79 Å². The minimum absolute atomic E-state index is 0.0244. The molecule has 35 heavy (non-hydrogen) atoms. The third kappa shape index (κ3) is 7.08. The van der Waals surface area contributed by atoms with Gasteiger partial charge in [0.25, 0.3) is 0 Å². The number of hydrogen-bond donors (Lipinski definition) is 3. The molecule has 1 aliphatic rings. The highest BCUT2D eigenvalue weighted by Crippen LogP contribution is 2.25. The summed E-state index contributed by atoms with van der Waals surface area (Å²) in [5.74, 6) is 0.398. The molecule has 0 spiro atoms. The second-order valence-electron chi connectivity index (χ2n) is 9.39. The predicted octanol–water partition coefficient (Wildman–Crippen LogP) is 2.25. The van der Waals surface area contributed by atoms with Crippen LogP contribution < -0.4 is 21.1 Å². The number of amides is 1. The zero-order valence-corrected chi connectivity index (χ0v) is 21.7. The number of carbonyl (C=O) groups excluding carboxylic acids is 1. The molecule has 0 aliphatic carbocycles. The predicted molar refractivity (Wildman–Crippen MR) is 142 cm³/mol. The molecule has 0 unspecified atom stereocenters. The van der Waals surface area contributed by atoms with Gasteiger partial charge >= 0.3 is 0 Å². The van der Waals surface area contributed by atoms with Crippen LogP contribution in [0.25, 0.3) is 10.8 Å². The van der Waals surface area contributed by atoms with Crippen molar-refractivity contribution in [1.29, 1.82) is 0 Å². The van der Waals surface area contributed by atoms with E-state index in [2.05, 4.69) is 16.6 Å². The molecule has 1 amide bonds. The largest absolute Gasteiger partial charge is 0.378 e. The number of hydrogen-bond acceptors (Lipinski definition) is 5. The van der Waals surface area contributed by atoms with Gasteiger partial charge < -0.3 is 21.3 Å². The van der Waals surface area contributed by atoms with E-state index >= 15 is 0 Å². The van der Waals surface area contributed by atoms with Gasteiger partial charge in [-0.1, -0.05) is 25.5 Å². The topological polar surface area (TPSA) is 134 Å². The van der Waals surface area contributed by atoms with Crippen molar-refractivity contribution in [3.8, 4) is 0 Å². The standard InChI is InChI=1S/C25H38N6O3S/c1-4-18-11-14-31(15-12-18)24(32)23(6-5-13-28-25(26)27)29-35(33,34)22-10-8-19-16-21(30(2)3)9-7-20(19)17-22/h7-10,16-18,23,29H,4-6,11-15H2,1-3H3,(H4,26,27,28)/t23-/m0/s1. The molecule has 5 N–H and O–H groups in total. The van der Waals surface area contributed by atoms with E-state index < -0.39 is 16.1 Å². The smallest absolute Gasteiger partial charge is 0.241 e. The molecule has 0 radical (unpaired) electrons. The molecular weight excluding hydrogens is 464 g/mol. The maximum atomic E-state index is 13.4. The van der Waals surface area contributed by atoms with E-state index in [1.54, 1.807) is 23.1 Å². The van der Waals surface area contributed by atoms with Gasteiger partial charge in [0.05, 0.1) is 4.90 Å². The summed E-state index contributed by atoms with van der Waals surface area (Å²) in [7, 11) is -0.00846. The van der Waals surface area contributed by atoms with E-state index in [9.17, 15) is 13.2 Å². The van der Waals surface area contributed by atoms with Crippen LogP contribution in [0.1, 0.15) is 39.0 Å². The fourth-order valence-corrected chi connectivity index (χ4v) is 5.69. The molecule has 0 aromatic heterocycles. The van der Waals surface area contributed by atoms with Gasteiger partial charge in [0.2, 0.25) is 15.9 Å². The molecule has 1 atom stereocenters. The highest BCUT2D eigenvalue weighted by Gasteiger charge is 2.31. The number of aliphatic imine (C=N–C) groups is 1. The zero-order valence-electron chi connectivity index (χ0n) is 20.9. The van der Waals surface area contributed by atoms with Crippen LogP contribution in [0.2, 0.25) is 0 Å². The Morgan fingerprint density at radius 1 is 1.14 bits per heavy atom. The first-order valence-electron chi connectivity index (χ1n) is 12.2. The Balaban J connectivity index is 1.80. The third-order valence-electron chi connectivity index (χ3n) is 6.67. The summed E-state index contributed by atoms with van der Waals surface area (Å²) < 4.78 is 29.3. The van der Waals surface area contributed by atoms with Crippen LogP contribution >= 0.6 is 0 Å². The number of rotatable bonds is 10. The van der Waals surface area contributed by atoms with Crippen molar-refractivity contribution in [1.82, 2.24) is 9.62 Å². The van der Waals surface area contributed by atoms with Crippen LogP contribution in [0.4, 0.5) is 5.69 Å². The number of nitrogens with one attached hydrogen (secondary N) is 1. The van der Waals surface area contributed by atoms with Gasteiger partial charge in [0.1, 0.15) is 6.04 Å². The Bertz CT molecular complexity index is 1150. The van der Waals surface area contributed by atoms with Crippen molar-refractivity contribution in [2.45, 2.75) is 50.0 Å². The average molecular weight is 503 g/mol. The number of anilines is 1. The molecule has 1 aliphatic heterocycles. The minimum Gasteiger partial charge on any atom is -0.378 e. The van der Waals surface area contributed by atoms with Crippen molar-refractivity contribution in [3.63, 3.8) is 0 Å². The fourth-order valence-electron chi connectivity index (χ4n) is 4.43. The summed E-state index contributed by atoms with van der Waals surface area (Å²) in [5.41, 5.74) is 11.8. The van der Waals surface area contributed by atoms with Crippen molar-refractivity contribution in [3.05, 3.63) is 36.4 Å². The van der Waals surface area contributed by atoms with E-state index in [0.717, 1.165) is 35.7 Å². The van der Waals surface area contributed by atoms with Gasteiger partial charge in [-0.2, -0.15) is 4.72 Å². The minimum atomic E-state index is -3.92. The molecule has 1 saturated heterocycles. The molecule has 10 heteroatoms. The lowest BCUT2D eigenvalue weighted by molar-refractivity contribution is -0.134. The number of benzene rings is 2. The van der Waals surface area contributed by atoms with Crippen LogP contribution in [0.3, 0.4) is 0 Å².